The highest BCUT2D eigenvalue weighted by atomic mass is 14.2. The van der Waals surface area contributed by atoms with Crippen LogP contribution in [0.25, 0.3) is 22.8 Å². The van der Waals surface area contributed by atoms with Crippen LogP contribution in [0.5, 0.6) is 0 Å². The molecule has 0 unspecified atom stereocenters. The molecule has 4 rings (SSSR count). The molecule has 0 amide bonds. The summed E-state index contributed by atoms with van der Waals surface area (Å²) < 4.78 is 0. The highest BCUT2D eigenvalue weighted by molar-refractivity contribution is 5.94. The van der Waals surface area contributed by atoms with Gasteiger partial charge in [-0.15, -0.1) is 0 Å². The lowest BCUT2D eigenvalue weighted by atomic mass is 9.92. The van der Waals surface area contributed by atoms with Crippen LogP contribution in [-0.2, 0) is 12.8 Å². The van der Waals surface area contributed by atoms with Crippen molar-refractivity contribution in [2.24, 2.45) is 0 Å². The van der Waals surface area contributed by atoms with Crippen molar-refractivity contribution in [3.63, 3.8) is 0 Å². The molecule has 0 aliphatic heterocycles. The largest absolute Gasteiger partial charge is 0.0651 e. The van der Waals surface area contributed by atoms with E-state index in [9.17, 15) is 0 Å². The van der Waals surface area contributed by atoms with Gasteiger partial charge in [0.1, 0.15) is 0 Å². The first kappa shape index (κ1) is 15.0. The molecule has 0 fully saturated rings. The Balaban J connectivity index is 1.82. The van der Waals surface area contributed by atoms with E-state index in [1.807, 2.05) is 0 Å². The topological polar surface area (TPSA) is 0 Å². The first-order chi connectivity index (χ1) is 11.9. The quantitative estimate of drug-likeness (QED) is 0.523. The van der Waals surface area contributed by atoms with Crippen LogP contribution in [0, 0.1) is 0 Å². The maximum Gasteiger partial charge on any atom is -0.00135 e. The average Bonchev–Trinajstić information content (AvgIpc) is 3.08. The second-order valence-corrected chi connectivity index (χ2v) is 6.50. The van der Waals surface area contributed by atoms with Gasteiger partial charge in [-0.25, -0.2) is 0 Å². The van der Waals surface area contributed by atoms with Crippen molar-refractivity contribution in [2.45, 2.75) is 26.2 Å². The Bertz CT molecular complexity index is 885. The summed E-state index contributed by atoms with van der Waals surface area (Å²) >= 11 is 0. The minimum absolute atomic E-state index is 1.03. The predicted octanol–water partition coefficient (Wildman–Crippen LogP) is 6.40. The molecule has 3 aromatic rings. The van der Waals surface area contributed by atoms with E-state index in [1.54, 1.807) is 0 Å². The molecule has 118 valence electrons. The predicted molar refractivity (Wildman–Crippen MR) is 104 cm³/mol. The van der Waals surface area contributed by atoms with Crippen molar-refractivity contribution in [1.29, 1.82) is 0 Å². The van der Waals surface area contributed by atoms with Gasteiger partial charge in [0.2, 0.25) is 0 Å². The van der Waals surface area contributed by atoms with Gasteiger partial charge >= 0.3 is 0 Å². The maximum absolute atomic E-state index is 2.39. The number of rotatable bonds is 4. The molecule has 0 nitrogen and oxygen atoms in total. The minimum Gasteiger partial charge on any atom is -0.0651 e. The van der Waals surface area contributed by atoms with Crippen molar-refractivity contribution in [3.05, 3.63) is 95.1 Å². The fourth-order valence-electron chi connectivity index (χ4n) is 3.71. The highest BCUT2D eigenvalue weighted by Crippen LogP contribution is 2.38. The van der Waals surface area contributed by atoms with Crippen LogP contribution in [0.15, 0.2) is 72.8 Å². The van der Waals surface area contributed by atoms with Crippen LogP contribution in [0.3, 0.4) is 0 Å². The van der Waals surface area contributed by atoms with Crippen molar-refractivity contribution in [2.75, 3.05) is 0 Å². The molecular weight excluding hydrogens is 288 g/mol. The van der Waals surface area contributed by atoms with Crippen LogP contribution in [-0.4, -0.2) is 0 Å². The lowest BCUT2D eigenvalue weighted by Gasteiger charge is -2.12. The molecule has 3 aromatic carbocycles. The van der Waals surface area contributed by atoms with Gasteiger partial charge in [0, 0.05) is 0 Å². The number of aryl methyl sites for hydroxylation is 1. The van der Waals surface area contributed by atoms with Gasteiger partial charge in [0.15, 0.2) is 0 Å². The third-order valence-corrected chi connectivity index (χ3v) is 4.87. The zero-order valence-electron chi connectivity index (χ0n) is 14.1. The molecule has 0 spiro atoms. The van der Waals surface area contributed by atoms with E-state index in [1.165, 1.54) is 45.4 Å². The van der Waals surface area contributed by atoms with E-state index >= 15 is 0 Å². The van der Waals surface area contributed by atoms with Crippen LogP contribution >= 0.6 is 0 Å². The van der Waals surface area contributed by atoms with Crippen LogP contribution in [0.2, 0.25) is 0 Å². The maximum atomic E-state index is 2.39. The number of hydrogen-bond donors (Lipinski definition) is 0. The fraction of sp³-hybridized carbons (Fsp3) is 0.167. The third-order valence-electron chi connectivity index (χ3n) is 4.87. The molecule has 0 bridgehead atoms. The molecule has 0 aromatic heterocycles. The normalized spacial score (nSPS) is 12.8. The average molecular weight is 310 g/mol. The molecular formula is C24H22. The van der Waals surface area contributed by atoms with Gasteiger partial charge in [-0.1, -0.05) is 86.1 Å². The van der Waals surface area contributed by atoms with E-state index in [0.717, 1.165) is 12.8 Å². The number of fused-ring (bicyclic) bond motifs is 1. The smallest absolute Gasteiger partial charge is 0.00135 e. The molecule has 0 heterocycles. The SMILES string of the molecule is CCCc1ccccc1-c1cccc2c1C=C(c1ccccc1)C2. The first-order valence-electron chi connectivity index (χ1n) is 8.83. The van der Waals surface area contributed by atoms with Crippen LogP contribution < -0.4 is 0 Å². The summed E-state index contributed by atoms with van der Waals surface area (Å²) in [5.41, 5.74) is 9.82. The summed E-state index contributed by atoms with van der Waals surface area (Å²) in [5, 5.41) is 0. The Morgan fingerprint density at radius 3 is 2.33 bits per heavy atom. The molecule has 0 radical (unpaired) electrons. The van der Waals surface area contributed by atoms with Crippen molar-refractivity contribution < 1.29 is 0 Å². The summed E-state index contributed by atoms with van der Waals surface area (Å²) in [6.45, 7) is 2.25. The van der Waals surface area contributed by atoms with Gasteiger partial charge in [-0.05, 0) is 57.9 Å². The Hall–Kier alpha value is -2.60. The van der Waals surface area contributed by atoms with Gasteiger partial charge < -0.3 is 0 Å². The Morgan fingerprint density at radius 1 is 0.750 bits per heavy atom. The number of allylic oxidation sites excluding steroid dienone is 1. The van der Waals surface area contributed by atoms with E-state index in [0.29, 0.717) is 0 Å². The Morgan fingerprint density at radius 2 is 1.50 bits per heavy atom. The summed E-state index contributed by atoms with van der Waals surface area (Å²) in [7, 11) is 0. The van der Waals surface area contributed by atoms with E-state index in [2.05, 4.69) is 85.8 Å². The van der Waals surface area contributed by atoms with Crippen LogP contribution in [0.1, 0.15) is 35.6 Å². The van der Waals surface area contributed by atoms with Gasteiger partial charge in [-0.3, -0.25) is 0 Å². The summed E-state index contributed by atoms with van der Waals surface area (Å²) in [6.07, 6.45) is 5.73. The molecule has 24 heavy (non-hydrogen) atoms. The highest BCUT2D eigenvalue weighted by Gasteiger charge is 2.18. The standard InChI is InChI=1S/C24H22/c1-2-9-19-12-6-7-14-22(19)23-15-8-13-20-16-21(17-24(20)23)18-10-4-3-5-11-18/h3-8,10-15,17H,2,9,16H2,1H3. The zero-order valence-corrected chi connectivity index (χ0v) is 14.1. The molecule has 1 aliphatic rings. The van der Waals surface area contributed by atoms with Crippen LogP contribution in [0.4, 0.5) is 0 Å². The molecule has 0 heteroatoms. The monoisotopic (exact) mass is 310 g/mol. The fourth-order valence-corrected chi connectivity index (χ4v) is 3.71. The van der Waals surface area contributed by atoms with Crippen molar-refractivity contribution >= 4 is 11.6 Å². The molecule has 1 aliphatic carbocycles. The van der Waals surface area contributed by atoms with Gasteiger partial charge in [-0.2, -0.15) is 0 Å². The lowest BCUT2D eigenvalue weighted by molar-refractivity contribution is 0.923. The molecule has 0 N–H and O–H groups in total. The summed E-state index contributed by atoms with van der Waals surface area (Å²) in [5.74, 6) is 0. The second-order valence-electron chi connectivity index (χ2n) is 6.50. The summed E-state index contributed by atoms with van der Waals surface area (Å²) in [6, 6.07) is 26.4. The number of benzene rings is 3. The Labute approximate surface area is 144 Å². The van der Waals surface area contributed by atoms with E-state index < -0.39 is 0 Å². The summed E-state index contributed by atoms with van der Waals surface area (Å²) in [4.78, 5) is 0. The van der Waals surface area contributed by atoms with Crippen molar-refractivity contribution in [3.8, 4) is 11.1 Å². The number of hydrogen-bond acceptors (Lipinski definition) is 0. The third kappa shape index (κ3) is 2.69. The zero-order chi connectivity index (χ0) is 16.4. The van der Waals surface area contributed by atoms with Crippen molar-refractivity contribution in [1.82, 2.24) is 0 Å². The first-order valence-corrected chi connectivity index (χ1v) is 8.83. The molecule has 0 saturated carbocycles. The van der Waals surface area contributed by atoms with E-state index in [4.69, 9.17) is 0 Å². The molecule has 0 saturated heterocycles. The van der Waals surface area contributed by atoms with E-state index in [-0.39, 0.29) is 0 Å². The Kier molecular flexibility index (Phi) is 4.04. The lowest BCUT2D eigenvalue weighted by Crippen LogP contribution is -1.92. The van der Waals surface area contributed by atoms with Gasteiger partial charge in [0.05, 0.1) is 0 Å². The minimum atomic E-state index is 1.03. The second kappa shape index (κ2) is 6.49. The van der Waals surface area contributed by atoms with Gasteiger partial charge in [0.25, 0.3) is 0 Å². The molecule has 0 atom stereocenters.